The van der Waals surface area contributed by atoms with E-state index in [0.29, 0.717) is 17.3 Å². The summed E-state index contributed by atoms with van der Waals surface area (Å²) in [4.78, 5) is 24.7. The van der Waals surface area contributed by atoms with Crippen molar-refractivity contribution in [2.24, 2.45) is 0 Å². The predicted molar refractivity (Wildman–Crippen MR) is 97.3 cm³/mol. The van der Waals surface area contributed by atoms with E-state index in [2.05, 4.69) is 0 Å². The van der Waals surface area contributed by atoms with Crippen LogP contribution in [0.2, 0.25) is 5.02 Å². The maximum absolute atomic E-state index is 12.9. The number of nitro groups is 1. The average molecular weight is 363 g/mol. The number of anilines is 1. The van der Waals surface area contributed by atoms with Crippen molar-refractivity contribution in [2.75, 3.05) is 11.4 Å². The molecule has 0 unspecified atom stereocenters. The molecule has 0 atom stereocenters. The molecule has 0 aliphatic heterocycles. The third-order valence-electron chi connectivity index (χ3n) is 3.64. The molecule has 25 heavy (non-hydrogen) atoms. The summed E-state index contributed by atoms with van der Waals surface area (Å²) in [6.45, 7) is 5.66. The number of rotatable bonds is 6. The number of carbonyl (C=O) groups is 1. The van der Waals surface area contributed by atoms with Crippen LogP contribution in [-0.4, -0.2) is 23.0 Å². The van der Waals surface area contributed by atoms with Crippen LogP contribution in [0.15, 0.2) is 48.5 Å². The van der Waals surface area contributed by atoms with Crippen molar-refractivity contribution in [3.05, 3.63) is 63.7 Å². The van der Waals surface area contributed by atoms with E-state index in [0.717, 1.165) is 5.69 Å². The van der Waals surface area contributed by atoms with Crippen LogP contribution in [0.5, 0.6) is 5.75 Å². The van der Waals surface area contributed by atoms with Crippen LogP contribution < -0.4 is 9.64 Å². The number of amides is 1. The number of nitro benzene ring substituents is 1. The largest absolute Gasteiger partial charge is 0.478 e. The summed E-state index contributed by atoms with van der Waals surface area (Å²) in [7, 11) is 0. The molecule has 1 amide bonds. The molecule has 132 valence electrons. The molecule has 0 spiro atoms. The van der Waals surface area contributed by atoms with Gasteiger partial charge in [-0.1, -0.05) is 11.6 Å². The molecule has 0 bridgehead atoms. The Bertz CT molecular complexity index is 758. The molecule has 0 N–H and O–H groups in total. The van der Waals surface area contributed by atoms with Gasteiger partial charge in [0, 0.05) is 29.4 Å². The molecule has 0 saturated heterocycles. The fourth-order valence-corrected chi connectivity index (χ4v) is 2.49. The third kappa shape index (κ3) is 4.48. The van der Waals surface area contributed by atoms with E-state index >= 15 is 0 Å². The van der Waals surface area contributed by atoms with Crippen molar-refractivity contribution < 1.29 is 14.5 Å². The van der Waals surface area contributed by atoms with Crippen LogP contribution in [0.4, 0.5) is 11.4 Å². The van der Waals surface area contributed by atoms with Crippen LogP contribution in [0.1, 0.15) is 20.8 Å². The molecule has 2 aromatic carbocycles. The number of hydrogen-bond acceptors (Lipinski definition) is 4. The van der Waals surface area contributed by atoms with Crippen LogP contribution in [0, 0.1) is 10.1 Å². The lowest BCUT2D eigenvalue weighted by Crippen LogP contribution is -2.49. The molecule has 7 heteroatoms. The summed E-state index contributed by atoms with van der Waals surface area (Å²) in [5, 5.41) is 11.3. The van der Waals surface area contributed by atoms with Crippen molar-refractivity contribution in [3.8, 4) is 5.75 Å². The lowest BCUT2D eigenvalue weighted by atomic mass is 10.1. The first kappa shape index (κ1) is 18.7. The van der Waals surface area contributed by atoms with E-state index in [1.165, 1.54) is 24.3 Å². The number of likely N-dealkylation sites (N-methyl/N-ethyl adjacent to an activating group) is 1. The zero-order chi connectivity index (χ0) is 18.6. The Hall–Kier alpha value is -2.60. The predicted octanol–water partition coefficient (Wildman–Crippen LogP) is 4.46. The van der Waals surface area contributed by atoms with E-state index in [1.807, 2.05) is 6.92 Å². The minimum Gasteiger partial charge on any atom is -0.478 e. The second-order valence-corrected chi connectivity index (χ2v) is 6.33. The highest BCUT2D eigenvalue weighted by Gasteiger charge is 2.34. The Morgan fingerprint density at radius 1 is 1.16 bits per heavy atom. The second kappa shape index (κ2) is 7.53. The molecule has 2 aromatic rings. The van der Waals surface area contributed by atoms with Gasteiger partial charge in [-0.25, -0.2) is 0 Å². The van der Waals surface area contributed by atoms with Gasteiger partial charge in [0.1, 0.15) is 5.75 Å². The maximum Gasteiger partial charge on any atom is 0.270 e. The fourth-order valence-electron chi connectivity index (χ4n) is 2.36. The summed E-state index contributed by atoms with van der Waals surface area (Å²) in [5.41, 5.74) is -0.462. The van der Waals surface area contributed by atoms with E-state index in [1.54, 1.807) is 43.0 Å². The standard InChI is InChI=1S/C18H19ClN2O4/c1-4-20(14-7-5-13(19)6-8-14)17(22)18(2,3)25-16-11-9-15(10-12-16)21(23)24/h5-12H,4H2,1-3H3. The van der Waals surface area contributed by atoms with Gasteiger partial charge in [0.05, 0.1) is 4.92 Å². The normalized spacial score (nSPS) is 11.0. The number of carbonyl (C=O) groups excluding carboxylic acids is 1. The lowest BCUT2D eigenvalue weighted by molar-refractivity contribution is -0.384. The number of non-ortho nitro benzene ring substituents is 1. The number of benzene rings is 2. The second-order valence-electron chi connectivity index (χ2n) is 5.89. The minimum absolute atomic E-state index is 0.0344. The Morgan fingerprint density at radius 2 is 1.72 bits per heavy atom. The highest BCUT2D eigenvalue weighted by molar-refractivity contribution is 6.30. The Labute approximate surface area is 151 Å². The first-order chi connectivity index (χ1) is 11.7. The molecule has 0 aliphatic rings. The molecule has 0 saturated carbocycles. The van der Waals surface area contributed by atoms with Crippen LogP contribution in [-0.2, 0) is 4.79 Å². The van der Waals surface area contributed by atoms with Crippen LogP contribution >= 0.6 is 11.6 Å². The molecule has 0 aromatic heterocycles. The molecular formula is C18H19ClN2O4. The number of ether oxygens (including phenoxy) is 1. The summed E-state index contributed by atoms with van der Waals surface area (Å²) in [5.74, 6) is 0.159. The van der Waals surface area contributed by atoms with Gasteiger partial charge in [-0.15, -0.1) is 0 Å². The highest BCUT2D eigenvalue weighted by Crippen LogP contribution is 2.26. The van der Waals surface area contributed by atoms with Gasteiger partial charge in [-0.2, -0.15) is 0 Å². The van der Waals surface area contributed by atoms with E-state index in [9.17, 15) is 14.9 Å². The van der Waals surface area contributed by atoms with Gasteiger partial charge in [0.15, 0.2) is 5.60 Å². The first-order valence-electron chi connectivity index (χ1n) is 7.75. The smallest absolute Gasteiger partial charge is 0.270 e. The number of nitrogens with zero attached hydrogens (tertiary/aromatic N) is 2. The summed E-state index contributed by atoms with van der Waals surface area (Å²) in [6.07, 6.45) is 0. The monoisotopic (exact) mass is 362 g/mol. The minimum atomic E-state index is -1.15. The Balaban J connectivity index is 2.19. The Morgan fingerprint density at radius 3 is 2.20 bits per heavy atom. The van der Waals surface area contributed by atoms with Crippen LogP contribution in [0.3, 0.4) is 0 Å². The number of hydrogen-bond donors (Lipinski definition) is 0. The average Bonchev–Trinajstić information content (AvgIpc) is 2.57. The quantitative estimate of drug-likeness (QED) is 0.561. The van der Waals surface area contributed by atoms with Gasteiger partial charge >= 0.3 is 0 Å². The summed E-state index contributed by atoms with van der Waals surface area (Å²) >= 11 is 5.90. The molecule has 0 radical (unpaired) electrons. The topological polar surface area (TPSA) is 72.7 Å². The zero-order valence-corrected chi connectivity index (χ0v) is 15.0. The van der Waals surface area contributed by atoms with E-state index in [-0.39, 0.29) is 11.6 Å². The molecule has 0 heterocycles. The molecule has 0 aliphatic carbocycles. The molecule has 2 rings (SSSR count). The third-order valence-corrected chi connectivity index (χ3v) is 3.89. The Kier molecular flexibility index (Phi) is 5.64. The highest BCUT2D eigenvalue weighted by atomic mass is 35.5. The molecule has 0 fully saturated rings. The van der Waals surface area contributed by atoms with Crippen molar-refractivity contribution in [3.63, 3.8) is 0 Å². The fraction of sp³-hybridized carbons (Fsp3) is 0.278. The zero-order valence-electron chi connectivity index (χ0n) is 14.2. The first-order valence-corrected chi connectivity index (χ1v) is 8.13. The van der Waals surface area contributed by atoms with Gasteiger partial charge in [0.25, 0.3) is 11.6 Å². The number of halogens is 1. The molecule has 6 nitrogen and oxygen atoms in total. The maximum atomic E-state index is 12.9. The van der Waals surface area contributed by atoms with Crippen LogP contribution in [0.25, 0.3) is 0 Å². The van der Waals surface area contributed by atoms with Gasteiger partial charge in [0.2, 0.25) is 0 Å². The van der Waals surface area contributed by atoms with Crippen molar-refractivity contribution in [2.45, 2.75) is 26.4 Å². The molecular weight excluding hydrogens is 344 g/mol. The lowest BCUT2D eigenvalue weighted by Gasteiger charge is -2.32. The van der Waals surface area contributed by atoms with Gasteiger partial charge in [-0.3, -0.25) is 14.9 Å². The summed E-state index contributed by atoms with van der Waals surface area (Å²) in [6, 6.07) is 12.6. The SMILES string of the molecule is CCN(C(=O)C(C)(C)Oc1ccc([N+](=O)[O-])cc1)c1ccc(Cl)cc1. The van der Waals surface area contributed by atoms with Gasteiger partial charge in [-0.05, 0) is 57.2 Å². The van der Waals surface area contributed by atoms with Crippen molar-refractivity contribution in [1.29, 1.82) is 0 Å². The van der Waals surface area contributed by atoms with E-state index in [4.69, 9.17) is 16.3 Å². The van der Waals surface area contributed by atoms with Crippen molar-refractivity contribution in [1.82, 2.24) is 0 Å². The van der Waals surface area contributed by atoms with Gasteiger partial charge < -0.3 is 9.64 Å². The van der Waals surface area contributed by atoms with Crippen molar-refractivity contribution >= 4 is 28.9 Å². The summed E-state index contributed by atoms with van der Waals surface area (Å²) < 4.78 is 5.79. The van der Waals surface area contributed by atoms with E-state index < -0.39 is 10.5 Å².